The topological polar surface area (TPSA) is 239 Å². The average Bonchev–Trinajstić information content (AvgIpc) is 3.07. The van der Waals surface area contributed by atoms with Gasteiger partial charge in [0, 0.05) is 0 Å². The van der Waals surface area contributed by atoms with Gasteiger partial charge in [-0.2, -0.15) is 0 Å². The Morgan fingerprint density at radius 3 is 1.21 bits per heavy atom. The predicted molar refractivity (Wildman–Crippen MR) is 175 cm³/mol. The molecule has 0 amide bonds. The summed E-state index contributed by atoms with van der Waals surface area (Å²) in [5, 5.41) is 99.2. The van der Waals surface area contributed by atoms with Crippen LogP contribution in [0.5, 0.6) is 0 Å². The molecule has 2 aliphatic heterocycles. The third kappa shape index (κ3) is 14.6. The van der Waals surface area contributed by atoms with Gasteiger partial charge in [0.2, 0.25) is 0 Å². The number of hydrogen-bond acceptors (Lipinski definition) is 14. The van der Waals surface area contributed by atoms with Gasteiger partial charge in [-0.15, -0.1) is 0 Å². The van der Waals surface area contributed by atoms with Crippen LogP contribution in [-0.2, 0) is 18.9 Å². The molecule has 0 spiro atoms. The van der Waals surface area contributed by atoms with Crippen molar-refractivity contribution in [2.45, 2.75) is 202 Å². The fourth-order valence-electron chi connectivity index (χ4n) is 6.31. The van der Waals surface area contributed by atoms with Crippen LogP contribution in [0.3, 0.4) is 0 Å². The highest BCUT2D eigenvalue weighted by Gasteiger charge is 2.46. The Labute approximate surface area is 285 Å². The number of rotatable bonds is 25. The van der Waals surface area contributed by atoms with Crippen LogP contribution in [0.2, 0.25) is 0 Å². The van der Waals surface area contributed by atoms with Crippen molar-refractivity contribution in [2.24, 2.45) is 0 Å². The van der Waals surface area contributed by atoms with Gasteiger partial charge in [-0.25, -0.2) is 0 Å². The summed E-state index contributed by atoms with van der Waals surface area (Å²) >= 11 is 0. The molecule has 2 aliphatic rings. The van der Waals surface area contributed by atoms with Crippen molar-refractivity contribution in [3.05, 3.63) is 0 Å². The second kappa shape index (κ2) is 23.8. The normalized spacial score (nSPS) is 33.8. The molecule has 48 heavy (non-hydrogen) atoms. The molecule has 2 rings (SSSR count). The van der Waals surface area contributed by atoms with Crippen molar-refractivity contribution >= 4 is 0 Å². The van der Waals surface area contributed by atoms with E-state index in [1.807, 2.05) is 0 Å². The third-order valence-corrected chi connectivity index (χ3v) is 9.67. The van der Waals surface area contributed by atoms with E-state index in [0.717, 1.165) is 51.4 Å². The van der Waals surface area contributed by atoms with E-state index in [1.165, 1.54) is 38.5 Å². The Kier molecular flexibility index (Phi) is 21.6. The molecule has 14 heteroatoms. The lowest BCUT2D eigenvalue weighted by atomic mass is 9.99. The van der Waals surface area contributed by atoms with Crippen LogP contribution >= 0.6 is 0 Å². The molecule has 2 saturated heterocycles. The fraction of sp³-hybridized carbons (Fsp3) is 1.00. The zero-order chi connectivity index (χ0) is 35.6. The molecule has 14 unspecified atom stereocenters. The summed E-state index contributed by atoms with van der Waals surface area (Å²) in [4.78, 5) is 0. The first-order valence-corrected chi connectivity index (χ1v) is 18.2. The van der Waals surface area contributed by atoms with Gasteiger partial charge in [-0.1, -0.05) is 89.9 Å². The maximum atomic E-state index is 10.4. The minimum atomic E-state index is -1.51. The molecule has 0 aromatic heterocycles. The zero-order valence-corrected chi connectivity index (χ0v) is 28.9. The van der Waals surface area contributed by atoms with Gasteiger partial charge in [0.1, 0.15) is 48.8 Å². The summed E-state index contributed by atoms with van der Waals surface area (Å²) in [5.41, 5.74) is 0. The molecule has 14 atom stereocenters. The summed E-state index contributed by atoms with van der Waals surface area (Å²) in [7, 11) is 0. The largest absolute Gasteiger partial charge is 0.394 e. The summed E-state index contributed by atoms with van der Waals surface area (Å²) in [6, 6.07) is 0. The summed E-state index contributed by atoms with van der Waals surface area (Å²) in [5.74, 6) is 0. The minimum absolute atomic E-state index is 0.530. The van der Waals surface area contributed by atoms with Gasteiger partial charge in [-0.3, -0.25) is 0 Å². The average molecular weight is 699 g/mol. The van der Waals surface area contributed by atoms with Gasteiger partial charge in [-0.05, 0) is 26.7 Å². The molecule has 2 heterocycles. The molecule has 0 radical (unpaired) electrons. The summed E-state index contributed by atoms with van der Waals surface area (Å²) < 4.78 is 22.1. The molecule has 10 N–H and O–H groups in total. The summed E-state index contributed by atoms with van der Waals surface area (Å²) in [6.45, 7) is 2.20. The maximum absolute atomic E-state index is 10.4. The van der Waals surface area contributed by atoms with Gasteiger partial charge in [0.25, 0.3) is 0 Å². The lowest BCUT2D eigenvalue weighted by Crippen LogP contribution is -2.60. The number of aliphatic hydroxyl groups excluding tert-OH is 10. The zero-order valence-electron chi connectivity index (χ0n) is 28.9. The van der Waals surface area contributed by atoms with Gasteiger partial charge in [0.15, 0.2) is 12.6 Å². The van der Waals surface area contributed by atoms with E-state index in [4.69, 9.17) is 18.9 Å². The van der Waals surface area contributed by atoms with E-state index in [-0.39, 0.29) is 0 Å². The van der Waals surface area contributed by atoms with Crippen molar-refractivity contribution < 1.29 is 70.0 Å². The van der Waals surface area contributed by atoms with Crippen LogP contribution in [0.15, 0.2) is 0 Å². The van der Waals surface area contributed by atoms with E-state index in [1.54, 1.807) is 13.8 Å². The summed E-state index contributed by atoms with van der Waals surface area (Å²) in [6.07, 6.45) is 0.178. The minimum Gasteiger partial charge on any atom is -0.394 e. The quantitative estimate of drug-likeness (QED) is 0.0580. The van der Waals surface area contributed by atoms with E-state index >= 15 is 0 Å². The van der Waals surface area contributed by atoms with Gasteiger partial charge < -0.3 is 70.0 Å². The maximum Gasteiger partial charge on any atom is 0.187 e. The first-order chi connectivity index (χ1) is 22.9. The van der Waals surface area contributed by atoms with Gasteiger partial charge in [0.05, 0.1) is 37.6 Å². The predicted octanol–water partition coefficient (Wildman–Crippen LogP) is 0.360. The molecule has 0 bridgehead atoms. The monoisotopic (exact) mass is 698 g/mol. The lowest BCUT2D eigenvalue weighted by molar-refractivity contribution is -0.317. The highest BCUT2D eigenvalue weighted by Crippen LogP contribution is 2.26. The standard InChI is InChI=1S/C34H66O14/c1-21(37)24(46-34-32(44)30(42)28(40)26(20-36)48-34)18-16-14-12-10-8-6-4-3-5-7-9-11-13-15-17-23(38)22(2)45-33-31(43)29(41)27(39)25(19-35)47-33/h21-44H,3-20H2,1-2H3. The highest BCUT2D eigenvalue weighted by atomic mass is 16.7. The SMILES string of the molecule is CC(O)C(CCCCCCCCCCCCCCCCC(O)C(C)OC1OC(CO)C(O)C(O)C1O)OC1OC(CO)C(O)C(O)C1O. The van der Waals surface area contributed by atoms with Crippen LogP contribution < -0.4 is 0 Å². The van der Waals surface area contributed by atoms with Crippen molar-refractivity contribution in [1.82, 2.24) is 0 Å². The second-order valence-corrected chi connectivity index (χ2v) is 13.7. The molecular weight excluding hydrogens is 632 g/mol. The Hall–Kier alpha value is -0.560. The molecule has 0 aliphatic carbocycles. The van der Waals surface area contributed by atoms with E-state index < -0.39 is 99.0 Å². The van der Waals surface area contributed by atoms with Crippen molar-refractivity contribution in [2.75, 3.05) is 13.2 Å². The Morgan fingerprint density at radius 1 is 0.479 bits per heavy atom. The number of ether oxygens (including phenoxy) is 4. The molecule has 0 saturated carbocycles. The molecular formula is C34H66O14. The molecule has 0 aromatic carbocycles. The number of unbranched alkanes of at least 4 members (excludes halogenated alkanes) is 13. The molecule has 14 nitrogen and oxygen atoms in total. The van der Waals surface area contributed by atoms with Crippen molar-refractivity contribution in [3.8, 4) is 0 Å². The highest BCUT2D eigenvalue weighted by molar-refractivity contribution is 4.90. The Morgan fingerprint density at radius 2 is 0.833 bits per heavy atom. The third-order valence-electron chi connectivity index (χ3n) is 9.67. The van der Waals surface area contributed by atoms with Crippen LogP contribution in [0, 0.1) is 0 Å². The molecule has 286 valence electrons. The van der Waals surface area contributed by atoms with Crippen molar-refractivity contribution in [3.63, 3.8) is 0 Å². The van der Waals surface area contributed by atoms with Crippen molar-refractivity contribution in [1.29, 1.82) is 0 Å². The lowest BCUT2D eigenvalue weighted by Gasteiger charge is -2.41. The van der Waals surface area contributed by atoms with E-state index in [0.29, 0.717) is 12.8 Å². The van der Waals surface area contributed by atoms with Crippen LogP contribution in [0.1, 0.15) is 117 Å². The first kappa shape index (κ1) is 43.6. The van der Waals surface area contributed by atoms with E-state index in [2.05, 4.69) is 0 Å². The second-order valence-electron chi connectivity index (χ2n) is 13.7. The Bertz CT molecular complexity index is 804. The Balaban J connectivity index is 1.42. The molecule has 2 fully saturated rings. The van der Waals surface area contributed by atoms with E-state index in [9.17, 15) is 51.1 Å². The van der Waals surface area contributed by atoms with Crippen LogP contribution in [0.25, 0.3) is 0 Å². The first-order valence-electron chi connectivity index (χ1n) is 18.2. The number of hydrogen-bond donors (Lipinski definition) is 10. The van der Waals surface area contributed by atoms with Crippen LogP contribution in [-0.4, -0.2) is 150 Å². The van der Waals surface area contributed by atoms with Gasteiger partial charge >= 0.3 is 0 Å². The molecule has 0 aromatic rings. The smallest absolute Gasteiger partial charge is 0.187 e. The number of aliphatic hydroxyl groups is 10. The van der Waals surface area contributed by atoms with Crippen LogP contribution in [0.4, 0.5) is 0 Å². The fourth-order valence-corrected chi connectivity index (χ4v) is 6.31.